The van der Waals surface area contributed by atoms with Gasteiger partial charge in [0.15, 0.2) is 0 Å². The summed E-state index contributed by atoms with van der Waals surface area (Å²) < 4.78 is 0. The van der Waals surface area contributed by atoms with Crippen molar-refractivity contribution in [3.63, 3.8) is 0 Å². The van der Waals surface area contributed by atoms with Gasteiger partial charge in [-0.25, -0.2) is 0 Å². The summed E-state index contributed by atoms with van der Waals surface area (Å²) in [4.78, 5) is 28.6. The Morgan fingerprint density at radius 2 is 2.09 bits per heavy atom. The second kappa shape index (κ2) is 7.08. The summed E-state index contributed by atoms with van der Waals surface area (Å²) in [5.74, 6) is -0.146. The molecule has 5 heteroatoms. The number of hydrogen-bond donors (Lipinski definition) is 0. The average molecular weight is 299 g/mol. The van der Waals surface area contributed by atoms with Crippen molar-refractivity contribution in [2.45, 2.75) is 32.7 Å². The van der Waals surface area contributed by atoms with Gasteiger partial charge in [-0.1, -0.05) is 6.07 Å². The van der Waals surface area contributed by atoms with Gasteiger partial charge in [-0.3, -0.25) is 9.59 Å². The Labute approximate surface area is 131 Å². The summed E-state index contributed by atoms with van der Waals surface area (Å²) in [6.45, 7) is 5.78. The van der Waals surface area contributed by atoms with Gasteiger partial charge < -0.3 is 9.80 Å². The zero-order valence-electron chi connectivity index (χ0n) is 13.1. The molecular weight excluding hydrogens is 278 g/mol. The van der Waals surface area contributed by atoms with Gasteiger partial charge in [0.1, 0.15) is 6.04 Å². The van der Waals surface area contributed by atoms with Gasteiger partial charge in [0, 0.05) is 25.2 Å². The molecule has 1 fully saturated rings. The maximum atomic E-state index is 12.7. The SMILES string of the molecule is CCN(CC)C(=O)C1CCCN1C(=O)c1cccc(C#N)c1. The van der Waals surface area contributed by atoms with E-state index in [4.69, 9.17) is 5.26 Å². The van der Waals surface area contributed by atoms with E-state index >= 15 is 0 Å². The van der Waals surface area contributed by atoms with Crippen LogP contribution in [0.1, 0.15) is 42.6 Å². The summed E-state index contributed by atoms with van der Waals surface area (Å²) in [5.41, 5.74) is 0.926. The quantitative estimate of drug-likeness (QED) is 0.854. The third-order valence-electron chi connectivity index (χ3n) is 4.11. The van der Waals surface area contributed by atoms with Crippen LogP contribution < -0.4 is 0 Å². The van der Waals surface area contributed by atoms with Crippen molar-refractivity contribution >= 4 is 11.8 Å². The predicted molar refractivity (Wildman–Crippen MR) is 83.1 cm³/mol. The Morgan fingerprint density at radius 1 is 1.36 bits per heavy atom. The summed E-state index contributed by atoms with van der Waals surface area (Å²) in [6, 6.07) is 8.30. The van der Waals surface area contributed by atoms with Gasteiger partial charge >= 0.3 is 0 Å². The van der Waals surface area contributed by atoms with Crippen LogP contribution in [0.5, 0.6) is 0 Å². The lowest BCUT2D eigenvalue weighted by molar-refractivity contribution is -0.134. The molecule has 1 heterocycles. The van der Waals surface area contributed by atoms with E-state index in [0.29, 0.717) is 37.2 Å². The molecule has 0 bridgehead atoms. The molecule has 1 aromatic rings. The van der Waals surface area contributed by atoms with E-state index in [-0.39, 0.29) is 17.9 Å². The molecule has 0 spiro atoms. The van der Waals surface area contributed by atoms with E-state index in [2.05, 4.69) is 0 Å². The topological polar surface area (TPSA) is 64.4 Å². The Hall–Kier alpha value is -2.35. The first-order valence-electron chi connectivity index (χ1n) is 7.72. The molecule has 0 saturated carbocycles. The molecule has 1 aliphatic heterocycles. The molecule has 0 N–H and O–H groups in total. The zero-order chi connectivity index (χ0) is 16.1. The molecule has 22 heavy (non-hydrogen) atoms. The van der Waals surface area contributed by atoms with Gasteiger partial charge in [-0.05, 0) is 44.9 Å². The number of nitriles is 1. The number of likely N-dealkylation sites (tertiary alicyclic amines) is 1. The minimum Gasteiger partial charge on any atom is -0.341 e. The lowest BCUT2D eigenvalue weighted by Gasteiger charge is -2.29. The molecule has 0 radical (unpaired) electrons. The van der Waals surface area contributed by atoms with E-state index in [9.17, 15) is 9.59 Å². The number of benzene rings is 1. The molecule has 0 aromatic heterocycles. The first-order valence-corrected chi connectivity index (χ1v) is 7.72. The van der Waals surface area contributed by atoms with Crippen LogP contribution in [0.15, 0.2) is 24.3 Å². The molecule has 1 atom stereocenters. The van der Waals surface area contributed by atoms with E-state index in [1.54, 1.807) is 34.1 Å². The molecule has 116 valence electrons. The highest BCUT2D eigenvalue weighted by Crippen LogP contribution is 2.22. The largest absolute Gasteiger partial charge is 0.341 e. The van der Waals surface area contributed by atoms with E-state index in [0.717, 1.165) is 6.42 Å². The maximum Gasteiger partial charge on any atom is 0.254 e. The third-order valence-corrected chi connectivity index (χ3v) is 4.11. The zero-order valence-corrected chi connectivity index (χ0v) is 13.1. The Bertz CT molecular complexity index is 602. The van der Waals surface area contributed by atoms with Crippen molar-refractivity contribution in [2.24, 2.45) is 0 Å². The molecule has 1 aromatic carbocycles. The summed E-state index contributed by atoms with van der Waals surface area (Å²) in [5, 5.41) is 8.95. The number of hydrogen-bond acceptors (Lipinski definition) is 3. The highest BCUT2D eigenvalue weighted by molar-refractivity contribution is 5.98. The standard InChI is InChI=1S/C17H21N3O2/c1-3-19(4-2)17(22)15-9-6-10-20(15)16(21)14-8-5-7-13(11-14)12-18/h5,7-8,11,15H,3-4,6,9-10H2,1-2H3. The molecule has 2 rings (SSSR count). The molecule has 1 aliphatic rings. The lowest BCUT2D eigenvalue weighted by Crippen LogP contribution is -2.47. The highest BCUT2D eigenvalue weighted by Gasteiger charge is 2.36. The molecule has 1 unspecified atom stereocenters. The van der Waals surface area contributed by atoms with Crippen molar-refractivity contribution in [3.05, 3.63) is 35.4 Å². The van der Waals surface area contributed by atoms with Crippen molar-refractivity contribution in [2.75, 3.05) is 19.6 Å². The molecule has 5 nitrogen and oxygen atoms in total. The number of carbonyl (C=O) groups is 2. The van der Waals surface area contributed by atoms with Gasteiger partial charge in [-0.15, -0.1) is 0 Å². The average Bonchev–Trinajstić information content (AvgIpc) is 3.04. The number of nitrogens with zero attached hydrogens (tertiary/aromatic N) is 3. The smallest absolute Gasteiger partial charge is 0.254 e. The second-order valence-corrected chi connectivity index (χ2v) is 5.36. The predicted octanol–water partition coefficient (Wildman–Crippen LogP) is 2.03. The van der Waals surface area contributed by atoms with E-state index in [1.807, 2.05) is 19.9 Å². The maximum absolute atomic E-state index is 12.7. The molecule has 2 amide bonds. The van der Waals surface area contributed by atoms with Crippen LogP contribution in [0.4, 0.5) is 0 Å². The Balaban J connectivity index is 2.21. The van der Waals surface area contributed by atoms with Gasteiger partial charge in [-0.2, -0.15) is 5.26 Å². The Kier molecular flexibility index (Phi) is 5.16. The first-order chi connectivity index (χ1) is 10.6. The summed E-state index contributed by atoms with van der Waals surface area (Å²) >= 11 is 0. The minimum absolute atomic E-state index is 0.0206. The van der Waals surface area contributed by atoms with Crippen LogP contribution >= 0.6 is 0 Å². The van der Waals surface area contributed by atoms with Crippen LogP contribution in [0.25, 0.3) is 0 Å². The minimum atomic E-state index is -0.377. The molecule has 1 saturated heterocycles. The number of amides is 2. The van der Waals surface area contributed by atoms with Gasteiger partial charge in [0.25, 0.3) is 5.91 Å². The van der Waals surface area contributed by atoms with Crippen LogP contribution in [-0.2, 0) is 4.79 Å². The molecule has 0 aliphatic carbocycles. The number of likely N-dealkylation sites (N-methyl/N-ethyl adjacent to an activating group) is 1. The monoisotopic (exact) mass is 299 g/mol. The fourth-order valence-electron chi connectivity index (χ4n) is 2.90. The third kappa shape index (κ3) is 3.11. The van der Waals surface area contributed by atoms with Crippen molar-refractivity contribution in [3.8, 4) is 6.07 Å². The van der Waals surface area contributed by atoms with Crippen molar-refractivity contribution in [1.29, 1.82) is 5.26 Å². The molecular formula is C17H21N3O2. The second-order valence-electron chi connectivity index (χ2n) is 5.36. The summed E-state index contributed by atoms with van der Waals surface area (Å²) in [6.07, 6.45) is 1.54. The first kappa shape index (κ1) is 16.0. The number of rotatable bonds is 4. The van der Waals surface area contributed by atoms with Crippen molar-refractivity contribution in [1.82, 2.24) is 9.80 Å². The highest BCUT2D eigenvalue weighted by atomic mass is 16.2. The van der Waals surface area contributed by atoms with E-state index in [1.165, 1.54) is 0 Å². The fraction of sp³-hybridized carbons (Fsp3) is 0.471. The van der Waals surface area contributed by atoms with Crippen LogP contribution in [-0.4, -0.2) is 47.3 Å². The Morgan fingerprint density at radius 3 is 2.73 bits per heavy atom. The summed E-state index contributed by atoms with van der Waals surface area (Å²) in [7, 11) is 0. The van der Waals surface area contributed by atoms with Crippen molar-refractivity contribution < 1.29 is 9.59 Å². The number of carbonyl (C=O) groups excluding carboxylic acids is 2. The van der Waals surface area contributed by atoms with Crippen LogP contribution in [0.3, 0.4) is 0 Å². The van der Waals surface area contributed by atoms with Crippen LogP contribution in [0.2, 0.25) is 0 Å². The van der Waals surface area contributed by atoms with Gasteiger partial charge in [0.05, 0.1) is 11.6 Å². The lowest BCUT2D eigenvalue weighted by atomic mass is 10.1. The fourth-order valence-corrected chi connectivity index (χ4v) is 2.90. The van der Waals surface area contributed by atoms with E-state index < -0.39 is 0 Å². The normalized spacial score (nSPS) is 17.1. The van der Waals surface area contributed by atoms with Gasteiger partial charge in [0.2, 0.25) is 5.91 Å². The van der Waals surface area contributed by atoms with Crippen LogP contribution in [0, 0.1) is 11.3 Å².